The van der Waals surface area contributed by atoms with Gasteiger partial charge in [-0.15, -0.1) is 11.3 Å². The molecule has 13 rings (SSSR count). The van der Waals surface area contributed by atoms with Crippen LogP contribution in [0.5, 0.6) is 0 Å². The molecule has 0 N–H and O–H groups in total. The number of aromatic nitrogens is 1. The van der Waals surface area contributed by atoms with Crippen LogP contribution in [0.4, 0.5) is 0 Å². The van der Waals surface area contributed by atoms with Crippen molar-refractivity contribution in [2.24, 2.45) is 0 Å². The molecule has 0 spiro atoms. The van der Waals surface area contributed by atoms with Crippen molar-refractivity contribution in [3.8, 4) is 39.1 Å². The predicted molar refractivity (Wildman–Crippen MR) is 234 cm³/mol. The first-order valence-corrected chi connectivity index (χ1v) is 19.5. The summed E-state index contributed by atoms with van der Waals surface area (Å²) in [6.45, 7) is 0. The van der Waals surface area contributed by atoms with Gasteiger partial charge in [0, 0.05) is 36.6 Å². The largest absolute Gasteiger partial charge is 0.309 e. The van der Waals surface area contributed by atoms with Crippen LogP contribution in [0.15, 0.2) is 176 Å². The number of benzene rings is 10. The first-order chi connectivity index (χ1) is 26.8. The summed E-state index contributed by atoms with van der Waals surface area (Å²) in [5, 5.41) is 15.7. The lowest BCUT2D eigenvalue weighted by Crippen LogP contribution is -1.95. The van der Waals surface area contributed by atoms with Gasteiger partial charge in [0.05, 0.1) is 11.0 Å². The van der Waals surface area contributed by atoms with Crippen LogP contribution in [-0.2, 0) is 0 Å². The smallest absolute Gasteiger partial charge is 0.0553 e. The number of hydrogen-bond acceptors (Lipinski definition) is 1. The summed E-state index contributed by atoms with van der Waals surface area (Å²) >= 11 is 1.87. The second-order valence-corrected chi connectivity index (χ2v) is 15.9. The monoisotopic (exact) mass is 699 g/mol. The van der Waals surface area contributed by atoms with Gasteiger partial charge in [-0.25, -0.2) is 0 Å². The van der Waals surface area contributed by atoms with Crippen molar-refractivity contribution >= 4 is 96.4 Å². The standard InChI is InChI=1S/C52H29NS/c1-2-12-35-33(10-1)34-11-3-5-14-37(34)43-28-32(22-23-39(35)43)53-47-24-20-30(31-21-25-50-44(26-31)40-16-7-8-19-49(40)54-50)27-46(47)52-42-18-9-17-41-36-13-4-6-15-38(36)45(51(41)42)29-48(52)53/h1-29H. The summed E-state index contributed by atoms with van der Waals surface area (Å²) in [5.74, 6) is 0. The van der Waals surface area contributed by atoms with Crippen LogP contribution in [0.3, 0.4) is 0 Å². The van der Waals surface area contributed by atoms with E-state index in [4.69, 9.17) is 0 Å². The van der Waals surface area contributed by atoms with Gasteiger partial charge in [-0.1, -0.05) is 127 Å². The van der Waals surface area contributed by atoms with Crippen LogP contribution in [-0.4, -0.2) is 4.57 Å². The van der Waals surface area contributed by atoms with Gasteiger partial charge < -0.3 is 4.57 Å². The molecule has 2 heteroatoms. The van der Waals surface area contributed by atoms with Gasteiger partial charge in [0.2, 0.25) is 0 Å². The van der Waals surface area contributed by atoms with Crippen LogP contribution in [0, 0.1) is 0 Å². The molecule has 10 aromatic carbocycles. The van der Waals surface area contributed by atoms with Gasteiger partial charge >= 0.3 is 0 Å². The fraction of sp³-hybridized carbons (Fsp3) is 0. The number of nitrogens with zero attached hydrogens (tertiary/aromatic N) is 1. The molecule has 0 fully saturated rings. The van der Waals surface area contributed by atoms with E-state index >= 15 is 0 Å². The molecule has 0 saturated carbocycles. The summed E-state index contributed by atoms with van der Waals surface area (Å²) in [7, 11) is 0. The Bertz CT molecular complexity index is 3580. The molecule has 54 heavy (non-hydrogen) atoms. The van der Waals surface area contributed by atoms with Crippen LogP contribution < -0.4 is 0 Å². The highest BCUT2D eigenvalue weighted by atomic mass is 32.1. The average molecular weight is 700 g/mol. The maximum atomic E-state index is 2.52. The molecule has 1 nitrogen and oxygen atoms in total. The molecule has 1 aliphatic rings. The molecule has 2 aromatic heterocycles. The lowest BCUT2D eigenvalue weighted by molar-refractivity contribution is 1.19. The Kier molecular flexibility index (Phi) is 5.57. The number of hydrogen-bond donors (Lipinski definition) is 0. The van der Waals surface area contributed by atoms with E-state index in [9.17, 15) is 0 Å². The molecule has 248 valence electrons. The van der Waals surface area contributed by atoms with E-state index in [1.807, 2.05) is 11.3 Å². The second-order valence-electron chi connectivity index (χ2n) is 14.8. The van der Waals surface area contributed by atoms with Crippen molar-refractivity contribution < 1.29 is 0 Å². The molecule has 12 aromatic rings. The molecular weight excluding hydrogens is 671 g/mol. The molecule has 0 saturated heterocycles. The number of fused-ring (bicyclic) bond motifs is 16. The zero-order valence-electron chi connectivity index (χ0n) is 29.1. The fourth-order valence-corrected chi connectivity index (χ4v) is 10.9. The molecule has 2 heterocycles. The van der Waals surface area contributed by atoms with E-state index in [0.717, 1.165) is 0 Å². The van der Waals surface area contributed by atoms with Crippen molar-refractivity contribution in [1.29, 1.82) is 0 Å². The molecule has 1 aliphatic carbocycles. The van der Waals surface area contributed by atoms with E-state index in [1.54, 1.807) is 0 Å². The zero-order valence-corrected chi connectivity index (χ0v) is 29.9. The second kappa shape index (κ2) is 10.4. The van der Waals surface area contributed by atoms with Crippen LogP contribution in [0.25, 0.3) is 124 Å². The Morgan fingerprint density at radius 3 is 1.65 bits per heavy atom. The molecule has 0 amide bonds. The van der Waals surface area contributed by atoms with Gasteiger partial charge in [0.15, 0.2) is 0 Å². The molecule has 0 unspecified atom stereocenters. The Balaban J connectivity index is 1.15. The predicted octanol–water partition coefficient (Wildman–Crippen LogP) is 15.1. The minimum atomic E-state index is 1.18. The molecule has 0 bridgehead atoms. The third-order valence-electron chi connectivity index (χ3n) is 12.1. The topological polar surface area (TPSA) is 4.93 Å². The van der Waals surface area contributed by atoms with Crippen molar-refractivity contribution in [2.75, 3.05) is 0 Å². The fourth-order valence-electron chi connectivity index (χ4n) is 9.78. The summed E-state index contributed by atoms with van der Waals surface area (Å²) in [4.78, 5) is 0. The molecule has 0 aliphatic heterocycles. The van der Waals surface area contributed by atoms with Crippen molar-refractivity contribution in [3.05, 3.63) is 176 Å². The first-order valence-electron chi connectivity index (χ1n) is 18.7. The van der Waals surface area contributed by atoms with E-state index in [1.165, 1.54) is 124 Å². The summed E-state index contributed by atoms with van der Waals surface area (Å²) in [5.41, 5.74) is 11.4. The Labute approximate surface area is 314 Å². The van der Waals surface area contributed by atoms with E-state index in [0.29, 0.717) is 0 Å². The molecular formula is C52H29NS. The third-order valence-corrected chi connectivity index (χ3v) is 13.2. The highest BCUT2D eigenvalue weighted by Crippen LogP contribution is 2.51. The minimum absolute atomic E-state index is 1.18. The molecule has 0 atom stereocenters. The van der Waals surface area contributed by atoms with Crippen molar-refractivity contribution in [1.82, 2.24) is 4.57 Å². The van der Waals surface area contributed by atoms with Crippen molar-refractivity contribution in [3.63, 3.8) is 0 Å². The zero-order chi connectivity index (χ0) is 35.1. The van der Waals surface area contributed by atoms with Gasteiger partial charge in [0.25, 0.3) is 0 Å². The maximum absolute atomic E-state index is 2.52. The summed E-state index contributed by atoms with van der Waals surface area (Å²) < 4.78 is 5.19. The number of rotatable bonds is 2. The highest BCUT2D eigenvalue weighted by molar-refractivity contribution is 7.25. The molecule has 0 radical (unpaired) electrons. The normalized spacial score (nSPS) is 12.4. The number of thiophene rings is 1. The lowest BCUT2D eigenvalue weighted by atomic mass is 9.94. The van der Waals surface area contributed by atoms with Gasteiger partial charge in [-0.05, 0) is 125 Å². The quantitative estimate of drug-likeness (QED) is 0.158. The average Bonchev–Trinajstić information content (AvgIpc) is 3.89. The summed E-state index contributed by atoms with van der Waals surface area (Å²) in [6, 6.07) is 66.0. The summed E-state index contributed by atoms with van der Waals surface area (Å²) in [6.07, 6.45) is 0. The van der Waals surface area contributed by atoms with Crippen molar-refractivity contribution in [2.45, 2.75) is 0 Å². The first kappa shape index (κ1) is 28.8. The van der Waals surface area contributed by atoms with E-state index < -0.39 is 0 Å². The Morgan fingerprint density at radius 2 is 0.870 bits per heavy atom. The van der Waals surface area contributed by atoms with Gasteiger partial charge in [-0.3, -0.25) is 0 Å². The van der Waals surface area contributed by atoms with Gasteiger partial charge in [-0.2, -0.15) is 0 Å². The third kappa shape index (κ3) is 3.73. The highest BCUT2D eigenvalue weighted by Gasteiger charge is 2.26. The Hall–Kier alpha value is -6.74. The van der Waals surface area contributed by atoms with E-state index in [2.05, 4.69) is 180 Å². The van der Waals surface area contributed by atoms with Crippen LogP contribution in [0.2, 0.25) is 0 Å². The SMILES string of the molecule is c1ccc2c(c1)-c1cccc3c1c-2cc1c3c2cc(-c3ccc4sc5ccccc5c4c3)ccc2n1-c1ccc2c3ccccc3c3ccccc3c2c1. The van der Waals surface area contributed by atoms with Crippen LogP contribution in [0.1, 0.15) is 0 Å². The van der Waals surface area contributed by atoms with Crippen LogP contribution >= 0.6 is 11.3 Å². The maximum Gasteiger partial charge on any atom is 0.0553 e. The minimum Gasteiger partial charge on any atom is -0.309 e. The van der Waals surface area contributed by atoms with Gasteiger partial charge in [0.1, 0.15) is 0 Å². The van der Waals surface area contributed by atoms with E-state index in [-0.39, 0.29) is 0 Å². The lowest BCUT2D eigenvalue weighted by Gasteiger charge is -2.14. The Morgan fingerprint density at radius 1 is 0.296 bits per heavy atom.